The minimum Gasteiger partial charge on any atom is -1.00 e. The zero-order valence-corrected chi connectivity index (χ0v) is 12.8. The number of rotatable bonds is 9. The van der Waals surface area contributed by atoms with Gasteiger partial charge in [0.15, 0.2) is 0 Å². The Balaban J connectivity index is 0. The van der Waals surface area contributed by atoms with Crippen molar-refractivity contribution in [2.75, 3.05) is 5.75 Å². The number of hydrogen-bond acceptors (Lipinski definition) is 3. The second-order valence-electron chi connectivity index (χ2n) is 4.43. The Morgan fingerprint density at radius 1 is 1.00 bits per heavy atom. The maximum atomic E-state index is 11.7. The minimum atomic E-state index is -3.43. The second kappa shape index (κ2) is 10.4. The summed E-state index contributed by atoms with van der Waals surface area (Å²) in [6.45, 7) is 2.16. The molecule has 0 N–H and O–H groups in total. The molecule has 0 aliphatic rings. The molecule has 104 valence electrons. The van der Waals surface area contributed by atoms with Crippen molar-refractivity contribution < 1.29 is 32.9 Å². The molecule has 0 radical (unpaired) electrons. The number of unbranched alkanes of at least 4 members (excludes halogenated alkanes) is 5. The SMILES string of the molecule is CCCCCCCCS(=O)(=O)Oc1ccccc1.[H-].[Li+]. The van der Waals surface area contributed by atoms with Crippen molar-refractivity contribution in [1.82, 2.24) is 0 Å². The van der Waals surface area contributed by atoms with Crippen molar-refractivity contribution in [3.8, 4) is 5.75 Å². The molecular weight excluding hydrogens is 255 g/mol. The zero-order chi connectivity index (χ0) is 13.3. The third kappa shape index (κ3) is 9.15. The molecular formula is C14H23LiO3S. The van der Waals surface area contributed by atoms with Gasteiger partial charge in [0.05, 0.1) is 5.75 Å². The van der Waals surface area contributed by atoms with Crippen LogP contribution in [0, 0.1) is 0 Å². The fourth-order valence-corrected chi connectivity index (χ4v) is 2.77. The van der Waals surface area contributed by atoms with Gasteiger partial charge in [-0.05, 0) is 18.6 Å². The van der Waals surface area contributed by atoms with Crippen molar-refractivity contribution in [1.29, 1.82) is 0 Å². The predicted molar refractivity (Wildman–Crippen MR) is 75.3 cm³/mol. The summed E-state index contributed by atoms with van der Waals surface area (Å²) in [4.78, 5) is 0. The summed E-state index contributed by atoms with van der Waals surface area (Å²) >= 11 is 0. The van der Waals surface area contributed by atoms with E-state index < -0.39 is 10.1 Å². The van der Waals surface area contributed by atoms with Crippen molar-refractivity contribution in [2.24, 2.45) is 0 Å². The van der Waals surface area contributed by atoms with Gasteiger partial charge < -0.3 is 5.61 Å². The van der Waals surface area contributed by atoms with E-state index in [2.05, 4.69) is 6.92 Å². The number of benzene rings is 1. The monoisotopic (exact) mass is 278 g/mol. The van der Waals surface area contributed by atoms with Gasteiger partial charge in [-0.25, -0.2) is 0 Å². The van der Waals surface area contributed by atoms with Crippen LogP contribution in [0.2, 0.25) is 0 Å². The molecule has 5 heteroatoms. The first kappa shape index (κ1) is 18.6. The molecule has 0 saturated carbocycles. The van der Waals surface area contributed by atoms with Crippen molar-refractivity contribution >= 4 is 10.1 Å². The molecule has 0 heterocycles. The Morgan fingerprint density at radius 3 is 2.21 bits per heavy atom. The molecule has 0 aliphatic carbocycles. The molecule has 0 aliphatic heterocycles. The third-order valence-electron chi connectivity index (χ3n) is 2.71. The number of hydrogen-bond donors (Lipinski definition) is 0. The van der Waals surface area contributed by atoms with Crippen molar-refractivity contribution in [3.63, 3.8) is 0 Å². The van der Waals surface area contributed by atoms with Crippen molar-refractivity contribution in [2.45, 2.75) is 45.4 Å². The first-order chi connectivity index (χ1) is 8.64. The maximum Gasteiger partial charge on any atom is 1.00 e. The average Bonchev–Trinajstić information content (AvgIpc) is 2.34. The molecule has 3 nitrogen and oxygen atoms in total. The molecule has 0 bridgehead atoms. The molecule has 0 spiro atoms. The van der Waals surface area contributed by atoms with Crippen LogP contribution in [0.3, 0.4) is 0 Å². The van der Waals surface area contributed by atoms with Crippen LogP contribution < -0.4 is 23.0 Å². The standard InChI is InChI=1S/C14H22O3S.Li.H/c1-2-3-4-5-6-10-13-18(15,16)17-14-11-8-7-9-12-14;;/h7-9,11-12H,2-6,10,13H2,1H3;;/q;+1;-1. The van der Waals surface area contributed by atoms with Crippen LogP contribution in [0.15, 0.2) is 30.3 Å². The smallest absolute Gasteiger partial charge is 1.00 e. The summed E-state index contributed by atoms with van der Waals surface area (Å²) in [6, 6.07) is 8.65. The molecule has 1 aromatic rings. The van der Waals surface area contributed by atoms with Gasteiger partial charge in [0.2, 0.25) is 0 Å². The van der Waals surface area contributed by atoms with E-state index in [0.717, 1.165) is 12.8 Å². The van der Waals surface area contributed by atoms with E-state index in [-0.39, 0.29) is 26.0 Å². The van der Waals surface area contributed by atoms with Gasteiger partial charge in [-0.15, -0.1) is 0 Å². The summed E-state index contributed by atoms with van der Waals surface area (Å²) < 4.78 is 28.3. The van der Waals surface area contributed by atoms with Crippen molar-refractivity contribution in [3.05, 3.63) is 30.3 Å². The molecule has 0 saturated heterocycles. The fourth-order valence-electron chi connectivity index (χ4n) is 1.72. The first-order valence-corrected chi connectivity index (χ1v) is 8.19. The molecule has 0 unspecified atom stereocenters. The van der Waals surface area contributed by atoms with E-state index in [0.29, 0.717) is 12.2 Å². The summed E-state index contributed by atoms with van der Waals surface area (Å²) in [5.74, 6) is 0.497. The van der Waals surface area contributed by atoms with Gasteiger partial charge in [0.25, 0.3) is 0 Å². The Kier molecular flexibility index (Phi) is 10.1. The van der Waals surface area contributed by atoms with Crippen LogP contribution in [-0.4, -0.2) is 14.2 Å². The van der Waals surface area contributed by atoms with Gasteiger partial charge in [-0.2, -0.15) is 8.42 Å². The van der Waals surface area contributed by atoms with Crippen LogP contribution >= 0.6 is 0 Å². The van der Waals surface area contributed by atoms with Crippen LogP contribution in [0.1, 0.15) is 46.9 Å². The van der Waals surface area contributed by atoms with Gasteiger partial charge >= 0.3 is 29.0 Å². The van der Waals surface area contributed by atoms with E-state index in [9.17, 15) is 8.42 Å². The number of para-hydroxylation sites is 1. The first-order valence-electron chi connectivity index (χ1n) is 6.61. The Bertz CT molecular complexity index is 423. The van der Waals surface area contributed by atoms with E-state index in [1.165, 1.54) is 19.3 Å². The topological polar surface area (TPSA) is 43.4 Å². The van der Waals surface area contributed by atoms with Crippen LogP contribution in [0.25, 0.3) is 0 Å². The van der Waals surface area contributed by atoms with E-state index in [4.69, 9.17) is 4.18 Å². The summed E-state index contributed by atoms with van der Waals surface area (Å²) in [6.07, 6.45) is 6.36. The second-order valence-corrected chi connectivity index (χ2v) is 6.12. The summed E-state index contributed by atoms with van der Waals surface area (Å²) in [5, 5.41) is 0. The fraction of sp³-hybridized carbons (Fsp3) is 0.571. The molecule has 0 amide bonds. The molecule has 1 aromatic carbocycles. The molecule has 0 atom stereocenters. The van der Waals surface area contributed by atoms with Crippen LogP contribution in [-0.2, 0) is 10.1 Å². The van der Waals surface area contributed by atoms with Gasteiger partial charge in [0.1, 0.15) is 5.75 Å². The Labute approximate surface area is 130 Å². The minimum absolute atomic E-state index is 0. The van der Waals surface area contributed by atoms with E-state index in [1.54, 1.807) is 24.3 Å². The van der Waals surface area contributed by atoms with Gasteiger partial charge in [-0.1, -0.05) is 57.2 Å². The summed E-state index contributed by atoms with van der Waals surface area (Å²) in [5.41, 5.74) is 0. The molecule has 0 aromatic heterocycles. The Hall–Kier alpha value is -0.433. The largest absolute Gasteiger partial charge is 1.00 e. The van der Waals surface area contributed by atoms with Crippen LogP contribution in [0.5, 0.6) is 5.75 Å². The van der Waals surface area contributed by atoms with E-state index >= 15 is 0 Å². The molecule has 1 rings (SSSR count). The van der Waals surface area contributed by atoms with Gasteiger partial charge in [0, 0.05) is 0 Å². The predicted octanol–water partition coefficient (Wildman–Crippen LogP) is 0.872. The van der Waals surface area contributed by atoms with Crippen LogP contribution in [0.4, 0.5) is 0 Å². The van der Waals surface area contributed by atoms with E-state index in [1.807, 2.05) is 6.07 Å². The normalized spacial score (nSPS) is 10.8. The maximum absolute atomic E-state index is 11.7. The Morgan fingerprint density at radius 2 is 1.58 bits per heavy atom. The average molecular weight is 278 g/mol. The zero-order valence-electron chi connectivity index (χ0n) is 13.0. The molecule has 0 fully saturated rings. The molecule has 19 heavy (non-hydrogen) atoms. The van der Waals surface area contributed by atoms with Gasteiger partial charge in [-0.3, -0.25) is 0 Å². The quantitative estimate of drug-likeness (QED) is 0.382. The summed E-state index contributed by atoms with van der Waals surface area (Å²) in [7, 11) is -3.43. The third-order valence-corrected chi connectivity index (χ3v) is 3.95.